The summed E-state index contributed by atoms with van der Waals surface area (Å²) in [6, 6.07) is 0. The second-order valence-corrected chi connectivity index (χ2v) is 17.3. The average molecular weight is 765 g/mol. The minimum absolute atomic E-state index is 0.0647. The largest absolute Gasteiger partial charge is 0.462 e. The molecular weight excluding hydrogens is 673 g/mol. The van der Waals surface area contributed by atoms with Crippen LogP contribution in [0.5, 0.6) is 0 Å². The van der Waals surface area contributed by atoms with Crippen molar-refractivity contribution in [3.63, 3.8) is 0 Å². The van der Waals surface area contributed by atoms with Gasteiger partial charge in [-0.3, -0.25) is 14.4 Å². The zero-order chi connectivity index (χ0) is 39.7. The van der Waals surface area contributed by atoms with E-state index in [1.807, 2.05) is 0 Å². The van der Waals surface area contributed by atoms with Crippen LogP contribution in [0.4, 0.5) is 0 Å². The lowest BCUT2D eigenvalue weighted by atomic mass is 10.0. The van der Waals surface area contributed by atoms with Gasteiger partial charge in [-0.25, -0.2) is 0 Å². The number of hydrogen-bond donors (Lipinski definition) is 0. The van der Waals surface area contributed by atoms with Crippen LogP contribution in [0.3, 0.4) is 0 Å². The summed E-state index contributed by atoms with van der Waals surface area (Å²) in [5, 5.41) is 0. The van der Waals surface area contributed by atoms with Gasteiger partial charge in [0.2, 0.25) is 0 Å². The van der Waals surface area contributed by atoms with Crippen LogP contribution >= 0.6 is 0 Å². The number of ether oxygens (including phenoxy) is 3. The van der Waals surface area contributed by atoms with Crippen LogP contribution in [0.15, 0.2) is 0 Å². The van der Waals surface area contributed by atoms with Gasteiger partial charge in [0.1, 0.15) is 13.2 Å². The predicted octanol–water partition coefficient (Wildman–Crippen LogP) is 15.0. The maximum absolute atomic E-state index is 12.7. The lowest BCUT2D eigenvalue weighted by molar-refractivity contribution is -0.167. The van der Waals surface area contributed by atoms with E-state index in [0.29, 0.717) is 19.3 Å². The van der Waals surface area contributed by atoms with Crippen molar-refractivity contribution in [3.05, 3.63) is 0 Å². The summed E-state index contributed by atoms with van der Waals surface area (Å²) in [5.74, 6) is 0.768. The van der Waals surface area contributed by atoms with Gasteiger partial charge < -0.3 is 14.2 Å². The summed E-state index contributed by atoms with van der Waals surface area (Å²) in [4.78, 5) is 37.8. The summed E-state index contributed by atoms with van der Waals surface area (Å²) in [5.41, 5.74) is 0. The van der Waals surface area contributed by atoms with E-state index < -0.39 is 6.10 Å². The second kappa shape index (κ2) is 41.1. The fourth-order valence-electron chi connectivity index (χ4n) is 7.11. The van der Waals surface area contributed by atoms with Gasteiger partial charge in [0.05, 0.1) is 0 Å². The molecule has 0 bridgehead atoms. The Balaban J connectivity index is 4.33. The van der Waals surface area contributed by atoms with Crippen molar-refractivity contribution in [2.75, 3.05) is 13.2 Å². The summed E-state index contributed by atoms with van der Waals surface area (Å²) < 4.78 is 16.7. The molecule has 0 aliphatic heterocycles. The van der Waals surface area contributed by atoms with Crippen molar-refractivity contribution >= 4 is 17.9 Å². The highest BCUT2D eigenvalue weighted by atomic mass is 16.6. The number of esters is 3. The third-order valence-corrected chi connectivity index (χ3v) is 10.7. The summed E-state index contributed by atoms with van der Waals surface area (Å²) >= 11 is 0. The average Bonchev–Trinajstić information content (AvgIpc) is 3.14. The molecule has 0 amide bonds. The third-order valence-electron chi connectivity index (χ3n) is 10.7. The Morgan fingerprint density at radius 2 is 0.611 bits per heavy atom. The molecule has 1 atom stereocenters. The highest BCUT2D eigenvalue weighted by Crippen LogP contribution is 2.17. The lowest BCUT2D eigenvalue weighted by Crippen LogP contribution is -2.30. The molecule has 54 heavy (non-hydrogen) atoms. The van der Waals surface area contributed by atoms with Gasteiger partial charge in [-0.2, -0.15) is 0 Å². The molecule has 0 aromatic carbocycles. The van der Waals surface area contributed by atoms with Gasteiger partial charge in [-0.1, -0.05) is 221 Å². The number of carbonyl (C=O) groups excluding carboxylic acids is 3. The first-order valence-corrected chi connectivity index (χ1v) is 23.7. The van der Waals surface area contributed by atoms with E-state index in [0.717, 1.165) is 69.6 Å². The Bertz CT molecular complexity index is 824. The molecule has 320 valence electrons. The highest BCUT2D eigenvalue weighted by molar-refractivity contribution is 5.71. The van der Waals surface area contributed by atoms with Crippen molar-refractivity contribution in [2.45, 2.75) is 265 Å². The summed E-state index contributed by atoms with van der Waals surface area (Å²) in [7, 11) is 0. The van der Waals surface area contributed by atoms with Crippen molar-refractivity contribution in [2.24, 2.45) is 11.8 Å². The Morgan fingerprint density at radius 1 is 0.352 bits per heavy atom. The fraction of sp³-hybridized carbons (Fsp3) is 0.938. The molecule has 0 heterocycles. The van der Waals surface area contributed by atoms with Crippen LogP contribution in [-0.2, 0) is 28.6 Å². The van der Waals surface area contributed by atoms with E-state index in [9.17, 15) is 14.4 Å². The molecule has 0 spiro atoms. The monoisotopic (exact) mass is 765 g/mol. The van der Waals surface area contributed by atoms with Crippen molar-refractivity contribution in [1.82, 2.24) is 0 Å². The molecule has 0 rings (SSSR count). The van der Waals surface area contributed by atoms with Crippen LogP contribution in [0.25, 0.3) is 0 Å². The minimum atomic E-state index is -0.760. The number of rotatable bonds is 42. The molecule has 0 unspecified atom stereocenters. The van der Waals surface area contributed by atoms with E-state index in [1.165, 1.54) is 148 Å². The highest BCUT2D eigenvalue weighted by Gasteiger charge is 2.19. The van der Waals surface area contributed by atoms with Gasteiger partial charge in [0, 0.05) is 19.3 Å². The molecule has 0 aromatic heterocycles. The smallest absolute Gasteiger partial charge is 0.306 e. The third kappa shape index (κ3) is 41.6. The molecule has 0 saturated carbocycles. The second-order valence-electron chi connectivity index (χ2n) is 17.3. The quantitative estimate of drug-likeness (QED) is 0.0350. The summed E-state index contributed by atoms with van der Waals surface area (Å²) in [6.45, 7) is 11.3. The fourth-order valence-corrected chi connectivity index (χ4v) is 7.11. The van der Waals surface area contributed by atoms with Gasteiger partial charge in [0.15, 0.2) is 6.10 Å². The Morgan fingerprint density at radius 3 is 0.907 bits per heavy atom. The minimum Gasteiger partial charge on any atom is -0.462 e. The molecule has 0 N–H and O–H groups in total. The summed E-state index contributed by atoms with van der Waals surface area (Å²) in [6.07, 6.45) is 39.4. The first kappa shape index (κ1) is 52.4. The molecule has 0 aromatic rings. The first-order chi connectivity index (χ1) is 26.2. The topological polar surface area (TPSA) is 78.9 Å². The van der Waals surface area contributed by atoms with Crippen molar-refractivity contribution < 1.29 is 28.6 Å². The van der Waals surface area contributed by atoms with Crippen LogP contribution in [0, 0.1) is 11.8 Å². The van der Waals surface area contributed by atoms with Gasteiger partial charge >= 0.3 is 17.9 Å². The molecule has 0 saturated heterocycles. The molecule has 6 heteroatoms. The van der Waals surface area contributed by atoms with Crippen molar-refractivity contribution in [3.8, 4) is 0 Å². The maximum atomic E-state index is 12.7. The van der Waals surface area contributed by atoms with Crippen LogP contribution in [0.2, 0.25) is 0 Å². The van der Waals surface area contributed by atoms with Gasteiger partial charge in [-0.05, 0) is 31.1 Å². The number of carbonyl (C=O) groups is 3. The molecule has 0 radical (unpaired) electrons. The normalized spacial score (nSPS) is 12.1. The molecule has 0 fully saturated rings. The van der Waals surface area contributed by atoms with Crippen LogP contribution < -0.4 is 0 Å². The zero-order valence-corrected chi connectivity index (χ0v) is 36.8. The maximum Gasteiger partial charge on any atom is 0.306 e. The van der Waals surface area contributed by atoms with Crippen molar-refractivity contribution in [1.29, 1.82) is 0 Å². The first-order valence-electron chi connectivity index (χ1n) is 23.7. The van der Waals surface area contributed by atoms with E-state index in [1.54, 1.807) is 0 Å². The zero-order valence-electron chi connectivity index (χ0n) is 36.8. The van der Waals surface area contributed by atoms with Crippen LogP contribution in [-0.4, -0.2) is 37.2 Å². The Hall–Kier alpha value is -1.59. The van der Waals surface area contributed by atoms with E-state index >= 15 is 0 Å². The lowest BCUT2D eigenvalue weighted by Gasteiger charge is -2.18. The number of hydrogen-bond acceptors (Lipinski definition) is 6. The van der Waals surface area contributed by atoms with E-state index in [4.69, 9.17) is 14.2 Å². The molecule has 0 aliphatic rings. The molecule has 6 nitrogen and oxygen atoms in total. The van der Waals surface area contributed by atoms with Crippen LogP contribution in [0.1, 0.15) is 259 Å². The Kier molecular flexibility index (Phi) is 39.8. The standard InChI is InChI=1S/C48H92O6/c1-6-7-8-9-10-11-12-18-23-28-33-38-46(49)52-41-45(54-48(51)40-35-30-25-20-15-17-22-27-32-37-44(4)5)42-53-47(50)39-34-29-24-19-14-13-16-21-26-31-36-43(2)3/h43-45H,6-42H2,1-5H3/t45-/m0/s1. The predicted molar refractivity (Wildman–Crippen MR) is 229 cm³/mol. The molecular formula is C48H92O6. The Labute approximate surface area is 336 Å². The SMILES string of the molecule is CCCCCCCCCCCCCC(=O)OC[C@@H](COC(=O)CCCCCCCCCCCCC(C)C)OC(=O)CCCCCCCCCCCC(C)C. The number of unbranched alkanes of at least 4 members (excludes halogenated alkanes) is 27. The van der Waals surface area contributed by atoms with Gasteiger partial charge in [0.25, 0.3) is 0 Å². The van der Waals surface area contributed by atoms with Gasteiger partial charge in [-0.15, -0.1) is 0 Å². The van der Waals surface area contributed by atoms with E-state index in [-0.39, 0.29) is 31.1 Å². The molecule has 0 aliphatic carbocycles. The van der Waals surface area contributed by atoms with E-state index in [2.05, 4.69) is 34.6 Å².